The largest absolute Gasteiger partial charge is 0.486 e. The molecule has 0 saturated carbocycles. The highest BCUT2D eigenvalue weighted by Gasteiger charge is 2.33. The highest BCUT2D eigenvalue weighted by Crippen LogP contribution is 2.34. The van der Waals surface area contributed by atoms with Gasteiger partial charge in [0.25, 0.3) is 5.91 Å². The minimum Gasteiger partial charge on any atom is -0.486 e. The maximum Gasteiger partial charge on any atom is 0.325 e. The Morgan fingerprint density at radius 1 is 1.11 bits per heavy atom. The number of fused-ring (bicyclic) bond motifs is 1. The Labute approximate surface area is 154 Å². The number of nitrogens with one attached hydrogen (secondary N) is 1. The average Bonchev–Trinajstić information content (AvgIpc) is 3.22. The lowest BCUT2D eigenvalue weighted by molar-refractivity contribution is -0.144. The van der Waals surface area contributed by atoms with Gasteiger partial charge < -0.3 is 19.5 Å². The van der Waals surface area contributed by atoms with Crippen molar-refractivity contribution < 1.29 is 24.2 Å². The molecule has 2 N–H and O–H groups in total. The van der Waals surface area contributed by atoms with Crippen molar-refractivity contribution >= 4 is 11.9 Å². The fourth-order valence-corrected chi connectivity index (χ4v) is 3.38. The number of carboxylic acids is 1. The minimum absolute atomic E-state index is 0.185. The summed E-state index contributed by atoms with van der Waals surface area (Å²) in [6, 6.07) is 4.39. The zero-order valence-electron chi connectivity index (χ0n) is 14.5. The predicted molar refractivity (Wildman–Crippen MR) is 91.7 cm³/mol. The molecule has 0 unspecified atom stereocenters. The van der Waals surface area contributed by atoms with Crippen molar-refractivity contribution in [2.45, 2.75) is 6.04 Å². The molecular formula is C17H19N5O5. The minimum atomic E-state index is -0.943. The molecule has 0 bridgehead atoms. The number of carboxylic acid groups (broad SMARTS) is 1. The predicted octanol–water partition coefficient (Wildman–Crippen LogP) is 0.160. The van der Waals surface area contributed by atoms with Crippen LogP contribution in [0.2, 0.25) is 0 Å². The van der Waals surface area contributed by atoms with Crippen molar-refractivity contribution in [1.82, 2.24) is 25.0 Å². The number of nitrogens with zero attached hydrogens (tertiary/aromatic N) is 4. The Bertz CT molecular complexity index is 832. The van der Waals surface area contributed by atoms with Gasteiger partial charge in [0.2, 0.25) is 5.82 Å². The number of carbonyl (C=O) groups excluding carboxylic acids is 1. The van der Waals surface area contributed by atoms with Crippen LogP contribution in [0.1, 0.15) is 22.2 Å². The van der Waals surface area contributed by atoms with E-state index in [2.05, 4.69) is 15.2 Å². The number of aromatic nitrogens is 3. The molecule has 3 heterocycles. The number of amides is 1. The van der Waals surface area contributed by atoms with Crippen molar-refractivity contribution in [3.63, 3.8) is 0 Å². The molecule has 1 aromatic heterocycles. The first-order chi connectivity index (χ1) is 13.1. The van der Waals surface area contributed by atoms with Crippen molar-refractivity contribution in [1.29, 1.82) is 0 Å². The van der Waals surface area contributed by atoms with Gasteiger partial charge in [0, 0.05) is 26.2 Å². The number of hydrogen-bond donors (Lipinski definition) is 2. The van der Waals surface area contributed by atoms with Gasteiger partial charge in [0.1, 0.15) is 25.6 Å². The Balaban J connectivity index is 1.48. The Morgan fingerprint density at radius 3 is 2.52 bits per heavy atom. The van der Waals surface area contributed by atoms with Crippen LogP contribution in [-0.2, 0) is 4.79 Å². The first kappa shape index (κ1) is 17.3. The van der Waals surface area contributed by atoms with Gasteiger partial charge in [0.15, 0.2) is 11.5 Å². The fraction of sp³-hybridized carbons (Fsp3) is 0.412. The van der Waals surface area contributed by atoms with Gasteiger partial charge in [0.05, 0.1) is 0 Å². The molecule has 1 aromatic carbocycles. The van der Waals surface area contributed by atoms with Crippen LogP contribution in [0.25, 0.3) is 0 Å². The number of carbonyl (C=O) groups is 2. The number of piperazine rings is 1. The molecule has 0 radical (unpaired) electrons. The van der Waals surface area contributed by atoms with Crippen LogP contribution in [-0.4, -0.2) is 81.4 Å². The third-order valence-corrected chi connectivity index (χ3v) is 4.70. The average molecular weight is 373 g/mol. The van der Waals surface area contributed by atoms with E-state index in [4.69, 9.17) is 9.47 Å². The van der Waals surface area contributed by atoms with E-state index in [1.54, 1.807) is 23.1 Å². The molecule has 10 nitrogen and oxygen atoms in total. The lowest BCUT2D eigenvalue weighted by Gasteiger charge is -2.37. The summed E-state index contributed by atoms with van der Waals surface area (Å²) >= 11 is 0. The van der Waals surface area contributed by atoms with Crippen LogP contribution < -0.4 is 9.47 Å². The van der Waals surface area contributed by atoms with E-state index in [1.165, 1.54) is 6.33 Å². The maximum absolute atomic E-state index is 12.3. The zero-order valence-corrected chi connectivity index (χ0v) is 14.5. The van der Waals surface area contributed by atoms with Crippen LogP contribution in [0.5, 0.6) is 11.5 Å². The van der Waals surface area contributed by atoms with Gasteiger partial charge in [-0.3, -0.25) is 19.6 Å². The van der Waals surface area contributed by atoms with Gasteiger partial charge in [-0.25, -0.2) is 4.98 Å². The van der Waals surface area contributed by atoms with E-state index in [1.807, 2.05) is 4.90 Å². The smallest absolute Gasteiger partial charge is 0.325 e. The molecule has 1 atom stereocenters. The molecule has 1 amide bonds. The molecule has 2 aromatic rings. The molecule has 0 aliphatic carbocycles. The van der Waals surface area contributed by atoms with Crippen molar-refractivity contribution in [3.8, 4) is 11.5 Å². The van der Waals surface area contributed by atoms with Crippen LogP contribution in [0, 0.1) is 0 Å². The Kier molecular flexibility index (Phi) is 4.63. The Hall–Kier alpha value is -3.14. The second-order valence-electron chi connectivity index (χ2n) is 6.31. The summed E-state index contributed by atoms with van der Waals surface area (Å²) in [6.07, 6.45) is 1.28. The number of aromatic amines is 1. The third kappa shape index (κ3) is 3.43. The number of aliphatic carboxylic acids is 1. The van der Waals surface area contributed by atoms with Crippen LogP contribution in [0.15, 0.2) is 24.5 Å². The van der Waals surface area contributed by atoms with Crippen LogP contribution in [0.4, 0.5) is 0 Å². The molecule has 142 valence electrons. The number of H-pyrrole nitrogens is 1. The van der Waals surface area contributed by atoms with Crippen molar-refractivity contribution in [2.24, 2.45) is 0 Å². The van der Waals surface area contributed by atoms with E-state index in [-0.39, 0.29) is 11.7 Å². The first-order valence-electron chi connectivity index (χ1n) is 8.64. The van der Waals surface area contributed by atoms with Gasteiger partial charge in [-0.05, 0) is 17.7 Å². The highest BCUT2D eigenvalue weighted by molar-refractivity contribution is 5.90. The van der Waals surface area contributed by atoms with Gasteiger partial charge in [-0.15, -0.1) is 0 Å². The molecule has 2 aliphatic heterocycles. The van der Waals surface area contributed by atoms with Crippen LogP contribution in [0.3, 0.4) is 0 Å². The second-order valence-corrected chi connectivity index (χ2v) is 6.31. The summed E-state index contributed by atoms with van der Waals surface area (Å²) in [5.41, 5.74) is 0.627. The summed E-state index contributed by atoms with van der Waals surface area (Å²) in [6.45, 7) is 2.62. The first-order valence-corrected chi connectivity index (χ1v) is 8.64. The highest BCUT2D eigenvalue weighted by atomic mass is 16.6. The fourth-order valence-electron chi connectivity index (χ4n) is 3.38. The summed E-state index contributed by atoms with van der Waals surface area (Å²) in [5.74, 6) is 0.186. The summed E-state index contributed by atoms with van der Waals surface area (Å²) in [4.78, 5) is 31.6. The lowest BCUT2D eigenvalue weighted by Crippen LogP contribution is -2.51. The number of benzene rings is 1. The lowest BCUT2D eigenvalue weighted by atomic mass is 10.0. The summed E-state index contributed by atoms with van der Waals surface area (Å²) in [7, 11) is 0. The zero-order chi connectivity index (χ0) is 18.8. The van der Waals surface area contributed by atoms with E-state index in [9.17, 15) is 14.7 Å². The number of rotatable bonds is 4. The van der Waals surface area contributed by atoms with E-state index < -0.39 is 12.0 Å². The van der Waals surface area contributed by atoms with E-state index in [0.717, 1.165) is 0 Å². The molecule has 4 rings (SSSR count). The van der Waals surface area contributed by atoms with Gasteiger partial charge >= 0.3 is 5.97 Å². The van der Waals surface area contributed by atoms with E-state index >= 15 is 0 Å². The molecular weight excluding hydrogens is 354 g/mol. The molecule has 0 spiro atoms. The maximum atomic E-state index is 12.3. The SMILES string of the molecule is O=C(O)[C@@H](c1ccc2c(c1)OCCO2)N1CCN(C(=O)c2ncn[nH]2)CC1. The molecule has 2 aliphatic rings. The number of ether oxygens (including phenoxy) is 2. The van der Waals surface area contributed by atoms with Crippen molar-refractivity contribution in [2.75, 3.05) is 39.4 Å². The summed E-state index contributed by atoms with van der Waals surface area (Å²) < 4.78 is 11.1. The Morgan fingerprint density at radius 2 is 1.85 bits per heavy atom. The van der Waals surface area contributed by atoms with Gasteiger partial charge in [-0.1, -0.05) is 6.07 Å². The monoisotopic (exact) mass is 373 g/mol. The topological polar surface area (TPSA) is 121 Å². The standard InChI is InChI=1S/C17H19N5O5/c23-16(15-18-10-19-20-15)22-5-3-21(4-6-22)14(17(24)25)11-1-2-12-13(9-11)27-8-7-26-12/h1-2,9-10,14H,3-8H2,(H,24,25)(H,18,19,20)/t14-/m1/s1. The van der Waals surface area contributed by atoms with Crippen LogP contribution >= 0.6 is 0 Å². The van der Waals surface area contributed by atoms with Crippen molar-refractivity contribution in [3.05, 3.63) is 35.9 Å². The molecule has 27 heavy (non-hydrogen) atoms. The molecule has 1 fully saturated rings. The molecule has 10 heteroatoms. The third-order valence-electron chi connectivity index (χ3n) is 4.70. The molecule has 1 saturated heterocycles. The van der Waals surface area contributed by atoms with E-state index in [0.29, 0.717) is 56.5 Å². The van der Waals surface area contributed by atoms with Gasteiger partial charge in [-0.2, -0.15) is 5.10 Å². The second kappa shape index (κ2) is 7.23. The quantitative estimate of drug-likeness (QED) is 0.777. The number of hydrogen-bond acceptors (Lipinski definition) is 7. The normalized spacial score (nSPS) is 18.1. The summed E-state index contributed by atoms with van der Waals surface area (Å²) in [5, 5.41) is 16.0.